The Labute approximate surface area is 105 Å². The number of terminal acetylenes is 1. The van der Waals surface area contributed by atoms with Crippen molar-refractivity contribution in [3.05, 3.63) is 60.3 Å². The van der Waals surface area contributed by atoms with Crippen LogP contribution in [0.5, 0.6) is 0 Å². The molecule has 1 aromatic heterocycles. The number of rotatable bonds is 1. The summed E-state index contributed by atoms with van der Waals surface area (Å²) in [6.07, 6.45) is 5.53. The minimum Gasteiger partial charge on any atom is -0.149 e. The Kier molecular flexibility index (Phi) is 2.51. The first-order valence-electron chi connectivity index (χ1n) is 5.67. The van der Waals surface area contributed by atoms with Crippen molar-refractivity contribution in [2.45, 2.75) is 0 Å². The molecule has 0 atom stereocenters. The zero-order chi connectivity index (χ0) is 12.4. The van der Waals surface area contributed by atoms with Gasteiger partial charge in [0.1, 0.15) is 5.69 Å². The summed E-state index contributed by atoms with van der Waals surface area (Å²) in [6.45, 7) is 0. The van der Waals surface area contributed by atoms with E-state index in [0.29, 0.717) is 5.69 Å². The third-order valence-corrected chi connectivity index (χ3v) is 2.87. The molecule has 0 aliphatic carbocycles. The van der Waals surface area contributed by atoms with Gasteiger partial charge in [0.05, 0.1) is 5.52 Å². The van der Waals surface area contributed by atoms with Crippen LogP contribution in [0.15, 0.2) is 54.6 Å². The van der Waals surface area contributed by atoms with Gasteiger partial charge in [0, 0.05) is 10.9 Å². The van der Waals surface area contributed by atoms with Crippen LogP contribution in [-0.2, 0) is 0 Å². The summed E-state index contributed by atoms with van der Waals surface area (Å²) in [6, 6.07) is 17.9. The van der Waals surface area contributed by atoms with E-state index >= 15 is 0 Å². The summed E-state index contributed by atoms with van der Waals surface area (Å²) in [5.41, 5.74) is 3.48. The minimum absolute atomic E-state index is 0.583. The third kappa shape index (κ3) is 1.63. The molecule has 2 nitrogen and oxygen atoms in total. The van der Waals surface area contributed by atoms with Gasteiger partial charge in [0.25, 0.3) is 0 Å². The molecule has 3 rings (SSSR count). The van der Waals surface area contributed by atoms with Crippen LogP contribution in [0, 0.1) is 12.3 Å². The summed E-state index contributed by atoms with van der Waals surface area (Å²) in [7, 11) is 0. The van der Waals surface area contributed by atoms with Crippen LogP contribution in [0.3, 0.4) is 0 Å². The maximum Gasteiger partial charge on any atom is 0.144 e. The SMILES string of the molecule is C#Cc1nnc2ccccc2c1-c1ccccc1. The molecule has 0 spiro atoms. The molecule has 0 fully saturated rings. The summed E-state index contributed by atoms with van der Waals surface area (Å²) in [5, 5.41) is 9.30. The number of hydrogen-bond donors (Lipinski definition) is 0. The Morgan fingerprint density at radius 2 is 1.56 bits per heavy atom. The highest BCUT2D eigenvalue weighted by Gasteiger charge is 2.10. The second-order valence-electron chi connectivity index (χ2n) is 3.95. The number of fused-ring (bicyclic) bond motifs is 1. The van der Waals surface area contributed by atoms with E-state index in [0.717, 1.165) is 22.0 Å². The summed E-state index contributed by atoms with van der Waals surface area (Å²) in [5.74, 6) is 2.61. The lowest BCUT2D eigenvalue weighted by atomic mass is 9.99. The molecule has 0 unspecified atom stereocenters. The Morgan fingerprint density at radius 1 is 0.833 bits per heavy atom. The molecule has 0 bridgehead atoms. The van der Waals surface area contributed by atoms with E-state index in [4.69, 9.17) is 6.42 Å². The molecule has 18 heavy (non-hydrogen) atoms. The van der Waals surface area contributed by atoms with Crippen molar-refractivity contribution in [2.24, 2.45) is 0 Å². The molecular weight excluding hydrogens is 220 g/mol. The van der Waals surface area contributed by atoms with Gasteiger partial charge in [0.2, 0.25) is 0 Å². The first-order chi connectivity index (χ1) is 8.90. The molecule has 0 amide bonds. The van der Waals surface area contributed by atoms with Gasteiger partial charge in [-0.1, -0.05) is 48.5 Å². The highest BCUT2D eigenvalue weighted by molar-refractivity contribution is 5.96. The molecule has 0 radical (unpaired) electrons. The zero-order valence-corrected chi connectivity index (χ0v) is 9.67. The lowest BCUT2D eigenvalue weighted by Crippen LogP contribution is -1.94. The minimum atomic E-state index is 0.583. The predicted octanol–water partition coefficient (Wildman–Crippen LogP) is 3.28. The fourth-order valence-corrected chi connectivity index (χ4v) is 2.05. The smallest absolute Gasteiger partial charge is 0.144 e. The molecule has 84 valence electrons. The third-order valence-electron chi connectivity index (χ3n) is 2.87. The Balaban J connectivity index is 2.42. The van der Waals surface area contributed by atoms with E-state index in [9.17, 15) is 0 Å². The van der Waals surface area contributed by atoms with Gasteiger partial charge < -0.3 is 0 Å². The van der Waals surface area contributed by atoms with E-state index in [1.807, 2.05) is 54.6 Å². The molecular formula is C16H10N2. The number of benzene rings is 2. The van der Waals surface area contributed by atoms with E-state index < -0.39 is 0 Å². The van der Waals surface area contributed by atoms with Crippen LogP contribution in [0.1, 0.15) is 5.69 Å². The van der Waals surface area contributed by atoms with Gasteiger partial charge in [0.15, 0.2) is 0 Å². The fraction of sp³-hybridized carbons (Fsp3) is 0. The van der Waals surface area contributed by atoms with Crippen molar-refractivity contribution in [1.29, 1.82) is 0 Å². The van der Waals surface area contributed by atoms with E-state index in [-0.39, 0.29) is 0 Å². The highest BCUT2D eigenvalue weighted by atomic mass is 15.1. The lowest BCUT2D eigenvalue weighted by Gasteiger charge is -2.07. The molecule has 0 aliphatic heterocycles. The van der Waals surface area contributed by atoms with Crippen molar-refractivity contribution < 1.29 is 0 Å². The predicted molar refractivity (Wildman–Crippen MR) is 72.9 cm³/mol. The lowest BCUT2D eigenvalue weighted by molar-refractivity contribution is 1.06. The van der Waals surface area contributed by atoms with Crippen molar-refractivity contribution in [3.8, 4) is 23.5 Å². The van der Waals surface area contributed by atoms with Crippen LogP contribution in [0.4, 0.5) is 0 Å². The molecule has 0 aliphatic rings. The molecule has 0 saturated carbocycles. The van der Waals surface area contributed by atoms with Crippen molar-refractivity contribution in [2.75, 3.05) is 0 Å². The Hall–Kier alpha value is -2.66. The molecule has 0 saturated heterocycles. The maximum absolute atomic E-state index is 5.53. The molecule has 1 heterocycles. The Morgan fingerprint density at radius 3 is 2.33 bits per heavy atom. The molecule has 2 heteroatoms. The van der Waals surface area contributed by atoms with Gasteiger partial charge in [-0.15, -0.1) is 16.6 Å². The summed E-state index contributed by atoms with van der Waals surface area (Å²) >= 11 is 0. The van der Waals surface area contributed by atoms with Crippen LogP contribution in [0.2, 0.25) is 0 Å². The fourth-order valence-electron chi connectivity index (χ4n) is 2.05. The number of hydrogen-bond acceptors (Lipinski definition) is 2. The van der Waals surface area contributed by atoms with Gasteiger partial charge >= 0.3 is 0 Å². The average molecular weight is 230 g/mol. The number of aromatic nitrogens is 2. The molecule has 2 aromatic carbocycles. The van der Waals surface area contributed by atoms with Gasteiger partial charge in [-0.05, 0) is 17.6 Å². The van der Waals surface area contributed by atoms with E-state index in [1.54, 1.807) is 0 Å². The van der Waals surface area contributed by atoms with Crippen LogP contribution in [0.25, 0.3) is 22.0 Å². The van der Waals surface area contributed by atoms with Gasteiger partial charge in [-0.25, -0.2) is 0 Å². The van der Waals surface area contributed by atoms with Crippen molar-refractivity contribution in [3.63, 3.8) is 0 Å². The summed E-state index contributed by atoms with van der Waals surface area (Å²) in [4.78, 5) is 0. The Bertz CT molecular complexity index is 740. The second kappa shape index (κ2) is 4.31. The highest BCUT2D eigenvalue weighted by Crippen LogP contribution is 2.29. The van der Waals surface area contributed by atoms with Crippen molar-refractivity contribution in [1.82, 2.24) is 10.2 Å². The molecule has 3 aromatic rings. The monoisotopic (exact) mass is 230 g/mol. The van der Waals surface area contributed by atoms with Gasteiger partial charge in [-0.3, -0.25) is 0 Å². The summed E-state index contributed by atoms with van der Waals surface area (Å²) < 4.78 is 0. The largest absolute Gasteiger partial charge is 0.149 e. The van der Waals surface area contributed by atoms with Gasteiger partial charge in [-0.2, -0.15) is 0 Å². The van der Waals surface area contributed by atoms with Crippen LogP contribution < -0.4 is 0 Å². The van der Waals surface area contributed by atoms with Crippen LogP contribution in [-0.4, -0.2) is 10.2 Å². The standard InChI is InChI=1S/C16H10N2/c1-2-14-16(12-8-4-3-5-9-12)13-10-6-7-11-15(13)18-17-14/h1,3-11H. The van der Waals surface area contributed by atoms with Crippen LogP contribution >= 0.6 is 0 Å². The quantitative estimate of drug-likeness (QED) is 0.599. The normalized spacial score (nSPS) is 10.2. The number of nitrogens with zero attached hydrogens (tertiary/aromatic N) is 2. The first-order valence-corrected chi connectivity index (χ1v) is 5.67. The average Bonchev–Trinajstić information content (AvgIpc) is 2.47. The van der Waals surface area contributed by atoms with Crippen molar-refractivity contribution >= 4 is 10.9 Å². The first kappa shape index (κ1) is 10.5. The topological polar surface area (TPSA) is 25.8 Å². The maximum atomic E-state index is 5.53. The van der Waals surface area contributed by atoms with E-state index in [2.05, 4.69) is 16.1 Å². The molecule has 0 N–H and O–H groups in total. The van der Waals surface area contributed by atoms with E-state index in [1.165, 1.54) is 0 Å². The zero-order valence-electron chi connectivity index (χ0n) is 9.67. The second-order valence-corrected chi connectivity index (χ2v) is 3.95.